The molecule has 23 heavy (non-hydrogen) atoms. The molecule has 1 aliphatic heterocycles. The first-order valence-electron chi connectivity index (χ1n) is 7.47. The van der Waals surface area contributed by atoms with Gasteiger partial charge in [0.25, 0.3) is 5.91 Å². The number of nitrogens with one attached hydrogen (secondary N) is 1. The van der Waals surface area contributed by atoms with E-state index in [4.69, 9.17) is 17.3 Å². The van der Waals surface area contributed by atoms with E-state index in [0.717, 1.165) is 12.2 Å². The van der Waals surface area contributed by atoms with Crippen molar-refractivity contribution in [2.45, 2.75) is 32.4 Å². The third kappa shape index (κ3) is 2.94. The van der Waals surface area contributed by atoms with Gasteiger partial charge in [-0.05, 0) is 19.8 Å². The first kappa shape index (κ1) is 15.5. The maximum atomic E-state index is 12.8. The van der Waals surface area contributed by atoms with Crippen LogP contribution < -0.4 is 16.0 Å². The minimum atomic E-state index is -0.407. The second kappa shape index (κ2) is 6.41. The number of amides is 1. The summed E-state index contributed by atoms with van der Waals surface area (Å²) in [5, 5.41) is 7.54. The number of anilines is 3. The van der Waals surface area contributed by atoms with Crippen LogP contribution in [0.15, 0.2) is 18.6 Å². The summed E-state index contributed by atoms with van der Waals surface area (Å²) in [6, 6.07) is 1.44. The van der Waals surface area contributed by atoms with Crippen molar-refractivity contribution in [1.29, 1.82) is 0 Å². The van der Waals surface area contributed by atoms with Crippen LogP contribution in [0.3, 0.4) is 0 Å². The van der Waals surface area contributed by atoms with E-state index < -0.39 is 6.04 Å². The fourth-order valence-corrected chi connectivity index (χ4v) is 2.84. The number of carbonyl (C=O) groups excluding carboxylic acids is 1. The molecule has 2 aromatic rings. The molecule has 0 aliphatic carbocycles. The average Bonchev–Trinajstić information content (AvgIpc) is 3.02. The maximum absolute atomic E-state index is 12.8. The van der Waals surface area contributed by atoms with Crippen molar-refractivity contribution in [3.8, 4) is 0 Å². The number of halogens is 1. The Labute approximate surface area is 138 Å². The first-order chi connectivity index (χ1) is 11.1. The lowest BCUT2D eigenvalue weighted by Gasteiger charge is -2.32. The van der Waals surface area contributed by atoms with E-state index in [0.29, 0.717) is 25.3 Å². The Bertz CT molecular complexity index is 717. The molecule has 1 saturated heterocycles. The SMILES string of the molecule is CCn1nccc1N1CCCC(Nc2ncnc(N)c2Cl)C1=O. The Hall–Kier alpha value is -2.35. The van der Waals surface area contributed by atoms with Crippen LogP contribution in [0, 0.1) is 0 Å². The number of rotatable bonds is 4. The van der Waals surface area contributed by atoms with Crippen LogP contribution in [0.25, 0.3) is 0 Å². The van der Waals surface area contributed by atoms with Gasteiger partial charge >= 0.3 is 0 Å². The van der Waals surface area contributed by atoms with Gasteiger partial charge in [0.05, 0.1) is 6.20 Å². The van der Waals surface area contributed by atoms with E-state index in [2.05, 4.69) is 20.4 Å². The summed E-state index contributed by atoms with van der Waals surface area (Å²) in [6.45, 7) is 3.37. The molecule has 1 amide bonds. The van der Waals surface area contributed by atoms with Crippen molar-refractivity contribution in [2.75, 3.05) is 22.5 Å². The van der Waals surface area contributed by atoms with E-state index in [1.54, 1.807) is 15.8 Å². The van der Waals surface area contributed by atoms with E-state index in [9.17, 15) is 4.79 Å². The average molecular weight is 336 g/mol. The monoisotopic (exact) mass is 335 g/mol. The number of aryl methyl sites for hydroxylation is 1. The minimum Gasteiger partial charge on any atom is -0.382 e. The van der Waals surface area contributed by atoms with Crippen LogP contribution in [-0.2, 0) is 11.3 Å². The Morgan fingerprint density at radius 3 is 3.09 bits per heavy atom. The van der Waals surface area contributed by atoms with Gasteiger partial charge in [-0.15, -0.1) is 0 Å². The predicted octanol–water partition coefficient (Wildman–Crippen LogP) is 1.54. The van der Waals surface area contributed by atoms with Crippen LogP contribution in [-0.4, -0.2) is 38.2 Å². The van der Waals surface area contributed by atoms with Crippen molar-refractivity contribution in [3.05, 3.63) is 23.6 Å². The molecule has 1 unspecified atom stereocenters. The maximum Gasteiger partial charge on any atom is 0.250 e. The van der Waals surface area contributed by atoms with Crippen LogP contribution in [0.4, 0.5) is 17.5 Å². The second-order valence-corrected chi connectivity index (χ2v) is 5.63. The topological polar surface area (TPSA) is 102 Å². The largest absolute Gasteiger partial charge is 0.382 e. The summed E-state index contributed by atoms with van der Waals surface area (Å²) >= 11 is 6.09. The molecule has 9 heteroatoms. The molecule has 0 saturated carbocycles. The summed E-state index contributed by atoms with van der Waals surface area (Å²) in [6.07, 6.45) is 4.60. The number of piperidine rings is 1. The Morgan fingerprint density at radius 1 is 1.48 bits per heavy atom. The summed E-state index contributed by atoms with van der Waals surface area (Å²) in [5.41, 5.74) is 5.67. The molecule has 1 fully saturated rings. The summed E-state index contributed by atoms with van der Waals surface area (Å²) < 4.78 is 1.80. The normalized spacial score (nSPS) is 18.3. The highest BCUT2D eigenvalue weighted by Gasteiger charge is 2.31. The van der Waals surface area contributed by atoms with Gasteiger partial charge in [0.15, 0.2) is 5.82 Å². The molecule has 2 aromatic heterocycles. The number of nitrogens with two attached hydrogens (primary N) is 1. The molecule has 1 atom stereocenters. The quantitative estimate of drug-likeness (QED) is 0.878. The molecule has 3 heterocycles. The number of carbonyl (C=O) groups is 1. The van der Waals surface area contributed by atoms with Crippen LogP contribution in [0.2, 0.25) is 5.02 Å². The van der Waals surface area contributed by atoms with Crippen LogP contribution in [0.1, 0.15) is 19.8 Å². The number of hydrogen-bond donors (Lipinski definition) is 2. The molecule has 3 N–H and O–H groups in total. The van der Waals surface area contributed by atoms with Gasteiger partial charge in [-0.25, -0.2) is 14.6 Å². The molecule has 0 radical (unpaired) electrons. The van der Waals surface area contributed by atoms with Gasteiger partial charge in [0, 0.05) is 19.2 Å². The van der Waals surface area contributed by atoms with Gasteiger partial charge in [-0.3, -0.25) is 9.69 Å². The fraction of sp³-hybridized carbons (Fsp3) is 0.429. The van der Waals surface area contributed by atoms with Crippen molar-refractivity contribution >= 4 is 35.0 Å². The molecule has 0 bridgehead atoms. The third-order valence-corrected chi connectivity index (χ3v) is 4.21. The van der Waals surface area contributed by atoms with Crippen molar-refractivity contribution in [3.63, 3.8) is 0 Å². The zero-order chi connectivity index (χ0) is 16.4. The van der Waals surface area contributed by atoms with Gasteiger partial charge < -0.3 is 11.1 Å². The lowest BCUT2D eigenvalue weighted by molar-refractivity contribution is -0.120. The van der Waals surface area contributed by atoms with Crippen LogP contribution >= 0.6 is 11.6 Å². The zero-order valence-corrected chi connectivity index (χ0v) is 13.5. The highest BCUT2D eigenvalue weighted by atomic mass is 35.5. The van der Waals surface area contributed by atoms with Gasteiger partial charge in [-0.1, -0.05) is 11.6 Å². The first-order valence-corrected chi connectivity index (χ1v) is 7.85. The predicted molar refractivity (Wildman–Crippen MR) is 88.4 cm³/mol. The van der Waals surface area contributed by atoms with Gasteiger partial charge in [0.1, 0.15) is 29.0 Å². The lowest BCUT2D eigenvalue weighted by atomic mass is 10.0. The smallest absolute Gasteiger partial charge is 0.250 e. The Balaban J connectivity index is 1.81. The second-order valence-electron chi connectivity index (χ2n) is 5.26. The number of nitrogen functional groups attached to an aromatic ring is 1. The van der Waals surface area contributed by atoms with E-state index in [-0.39, 0.29) is 16.7 Å². The molecule has 1 aliphatic rings. The van der Waals surface area contributed by atoms with Crippen molar-refractivity contribution < 1.29 is 4.79 Å². The minimum absolute atomic E-state index is 0.0281. The van der Waals surface area contributed by atoms with Crippen molar-refractivity contribution in [1.82, 2.24) is 19.7 Å². The number of hydrogen-bond acceptors (Lipinski definition) is 6. The fourth-order valence-electron chi connectivity index (χ4n) is 2.68. The highest BCUT2D eigenvalue weighted by molar-refractivity contribution is 6.35. The Kier molecular flexibility index (Phi) is 4.33. The lowest BCUT2D eigenvalue weighted by Crippen LogP contribution is -2.48. The summed E-state index contributed by atoms with van der Waals surface area (Å²) in [5.74, 6) is 1.34. The molecule has 0 aromatic carbocycles. The third-order valence-electron chi connectivity index (χ3n) is 3.84. The van der Waals surface area contributed by atoms with Crippen molar-refractivity contribution in [2.24, 2.45) is 0 Å². The molecule has 8 nitrogen and oxygen atoms in total. The Morgan fingerprint density at radius 2 is 2.30 bits per heavy atom. The standard InChI is InChI=1S/C14H18ClN7O/c1-2-22-10(5-6-19-22)21-7-3-4-9(14(21)23)20-13-11(15)12(16)17-8-18-13/h5-6,8-9H,2-4,7H2,1H3,(H3,16,17,18,20). The molecule has 122 valence electrons. The van der Waals surface area contributed by atoms with Gasteiger partial charge in [0.2, 0.25) is 0 Å². The van der Waals surface area contributed by atoms with E-state index in [1.165, 1.54) is 6.33 Å². The van der Waals surface area contributed by atoms with Crippen LogP contribution in [0.5, 0.6) is 0 Å². The van der Waals surface area contributed by atoms with Gasteiger partial charge in [-0.2, -0.15) is 5.10 Å². The highest BCUT2D eigenvalue weighted by Crippen LogP contribution is 2.27. The molecular weight excluding hydrogens is 318 g/mol. The molecule has 3 rings (SSSR count). The molecular formula is C14H18ClN7O. The number of aromatic nitrogens is 4. The number of nitrogens with zero attached hydrogens (tertiary/aromatic N) is 5. The van der Waals surface area contributed by atoms with E-state index in [1.807, 2.05) is 13.0 Å². The summed E-state index contributed by atoms with van der Waals surface area (Å²) in [4.78, 5) is 22.4. The van der Waals surface area contributed by atoms with E-state index >= 15 is 0 Å². The molecule has 0 spiro atoms. The zero-order valence-electron chi connectivity index (χ0n) is 12.7. The summed E-state index contributed by atoms with van der Waals surface area (Å²) in [7, 11) is 0.